The summed E-state index contributed by atoms with van der Waals surface area (Å²) in [4.78, 5) is 12.2. The maximum atomic E-state index is 13.6. The smallest absolute Gasteiger partial charge is 0.258 e. The zero-order valence-corrected chi connectivity index (χ0v) is 11.9. The molecule has 6 heteroatoms. The maximum Gasteiger partial charge on any atom is 0.258 e. The number of thiocarbonyl (C=S) groups is 1. The van der Waals surface area contributed by atoms with Crippen molar-refractivity contribution in [2.45, 2.75) is 6.92 Å². The summed E-state index contributed by atoms with van der Waals surface area (Å²) in [6.07, 6.45) is 0. The van der Waals surface area contributed by atoms with Gasteiger partial charge in [0.2, 0.25) is 0 Å². The van der Waals surface area contributed by atoms with Gasteiger partial charge < -0.3 is 11.1 Å². The minimum Gasteiger partial charge on any atom is -0.389 e. The molecular weight excluding hydrogens is 294 g/mol. The number of carbonyl (C=O) groups is 1. The lowest BCUT2D eigenvalue weighted by molar-refractivity contribution is 0.102. The lowest BCUT2D eigenvalue weighted by Gasteiger charge is -2.08. The fraction of sp³-hybridized carbons (Fsp3) is 0.0667. The number of benzene rings is 2. The molecule has 21 heavy (non-hydrogen) atoms. The predicted octanol–water partition coefficient (Wildman–Crippen LogP) is 3.16. The molecule has 0 atom stereocenters. The number of hydrogen-bond acceptors (Lipinski definition) is 2. The Labute approximate surface area is 125 Å². The molecule has 2 aromatic rings. The topological polar surface area (TPSA) is 55.1 Å². The number of rotatable bonds is 3. The Balaban J connectivity index is 2.22. The number of amides is 1. The van der Waals surface area contributed by atoms with Crippen molar-refractivity contribution in [3.63, 3.8) is 0 Å². The molecule has 2 aromatic carbocycles. The molecule has 0 bridgehead atoms. The van der Waals surface area contributed by atoms with Crippen LogP contribution in [0.25, 0.3) is 0 Å². The van der Waals surface area contributed by atoms with Gasteiger partial charge in [-0.2, -0.15) is 0 Å². The Morgan fingerprint density at radius 3 is 2.33 bits per heavy atom. The van der Waals surface area contributed by atoms with Gasteiger partial charge in [0, 0.05) is 17.3 Å². The first-order valence-electron chi connectivity index (χ1n) is 6.05. The van der Waals surface area contributed by atoms with Crippen LogP contribution in [0.1, 0.15) is 21.5 Å². The number of carbonyl (C=O) groups excluding carboxylic acids is 1. The van der Waals surface area contributed by atoms with Crippen LogP contribution in [0.5, 0.6) is 0 Å². The average molecular weight is 306 g/mol. The van der Waals surface area contributed by atoms with Gasteiger partial charge in [-0.25, -0.2) is 8.78 Å². The molecule has 0 saturated heterocycles. The molecule has 0 aromatic heterocycles. The van der Waals surface area contributed by atoms with Crippen molar-refractivity contribution in [3.05, 3.63) is 64.7 Å². The minimum absolute atomic E-state index is 0.199. The Morgan fingerprint density at radius 2 is 1.76 bits per heavy atom. The summed E-state index contributed by atoms with van der Waals surface area (Å²) in [5.74, 6) is -2.25. The minimum atomic E-state index is -0.907. The molecule has 0 aliphatic carbocycles. The van der Waals surface area contributed by atoms with Crippen LogP contribution in [-0.4, -0.2) is 10.9 Å². The van der Waals surface area contributed by atoms with Crippen LogP contribution >= 0.6 is 12.2 Å². The molecule has 0 saturated carbocycles. The lowest BCUT2D eigenvalue weighted by Crippen LogP contribution is -2.15. The molecule has 0 aliphatic heterocycles. The van der Waals surface area contributed by atoms with Crippen molar-refractivity contribution in [1.82, 2.24) is 0 Å². The van der Waals surface area contributed by atoms with Crippen LogP contribution in [0.2, 0.25) is 0 Å². The highest BCUT2D eigenvalue weighted by Crippen LogP contribution is 2.17. The van der Waals surface area contributed by atoms with E-state index in [0.717, 1.165) is 0 Å². The molecule has 0 heterocycles. The van der Waals surface area contributed by atoms with Crippen LogP contribution in [0.4, 0.5) is 14.5 Å². The van der Waals surface area contributed by atoms with E-state index < -0.39 is 17.5 Å². The Bertz CT molecular complexity index is 714. The summed E-state index contributed by atoms with van der Waals surface area (Å²) in [6, 6.07) is 8.35. The molecule has 0 radical (unpaired) electrons. The summed E-state index contributed by atoms with van der Waals surface area (Å²) >= 11 is 4.82. The van der Waals surface area contributed by atoms with Crippen LogP contribution in [0.15, 0.2) is 36.4 Å². The Kier molecular flexibility index (Phi) is 4.28. The zero-order valence-electron chi connectivity index (χ0n) is 11.1. The molecule has 108 valence electrons. The lowest BCUT2D eigenvalue weighted by atomic mass is 10.1. The number of nitrogens with one attached hydrogen (secondary N) is 1. The van der Waals surface area contributed by atoms with E-state index in [-0.39, 0.29) is 16.1 Å². The van der Waals surface area contributed by atoms with Gasteiger partial charge in [-0.1, -0.05) is 12.2 Å². The fourth-order valence-corrected chi connectivity index (χ4v) is 1.88. The second-order valence-electron chi connectivity index (χ2n) is 4.48. The molecule has 1 amide bonds. The van der Waals surface area contributed by atoms with E-state index in [2.05, 4.69) is 5.32 Å². The molecule has 3 N–H and O–H groups in total. The van der Waals surface area contributed by atoms with E-state index >= 15 is 0 Å². The van der Waals surface area contributed by atoms with Crippen LogP contribution < -0.4 is 11.1 Å². The van der Waals surface area contributed by atoms with Crippen LogP contribution in [0, 0.1) is 18.6 Å². The standard InChI is InChI=1S/C15H12F2N2OS/c1-8-6-11(13(17)7-12(8)16)15(20)19-10-4-2-9(3-5-10)14(18)21/h2-7H,1H3,(H2,18,21)(H,19,20). The van der Waals surface area contributed by atoms with Gasteiger partial charge in [0.1, 0.15) is 16.6 Å². The van der Waals surface area contributed by atoms with Crippen LogP contribution in [-0.2, 0) is 0 Å². The molecule has 0 unspecified atom stereocenters. The SMILES string of the molecule is Cc1cc(C(=O)Nc2ccc(C(N)=S)cc2)c(F)cc1F. The Morgan fingerprint density at radius 1 is 1.14 bits per heavy atom. The van der Waals surface area contributed by atoms with E-state index in [1.807, 2.05) is 0 Å². The normalized spacial score (nSPS) is 10.2. The molecule has 2 rings (SSSR count). The van der Waals surface area contributed by atoms with Crippen molar-refractivity contribution in [3.8, 4) is 0 Å². The van der Waals surface area contributed by atoms with E-state index in [4.69, 9.17) is 18.0 Å². The highest BCUT2D eigenvalue weighted by Gasteiger charge is 2.14. The Hall–Kier alpha value is -2.34. The van der Waals surface area contributed by atoms with Crippen molar-refractivity contribution >= 4 is 28.8 Å². The summed E-state index contributed by atoms with van der Waals surface area (Å²) in [6.45, 7) is 1.46. The van der Waals surface area contributed by atoms with Gasteiger partial charge >= 0.3 is 0 Å². The summed E-state index contributed by atoms with van der Waals surface area (Å²) in [5.41, 5.74) is 6.57. The molecule has 0 aliphatic rings. The van der Waals surface area contributed by atoms with Gasteiger partial charge in [-0.05, 0) is 42.8 Å². The first kappa shape index (κ1) is 15.1. The van der Waals surface area contributed by atoms with Gasteiger partial charge in [0.05, 0.1) is 5.56 Å². The van der Waals surface area contributed by atoms with Gasteiger partial charge in [0.15, 0.2) is 0 Å². The van der Waals surface area contributed by atoms with E-state index in [9.17, 15) is 13.6 Å². The number of halogens is 2. The fourth-order valence-electron chi connectivity index (χ4n) is 1.75. The van der Waals surface area contributed by atoms with E-state index in [1.165, 1.54) is 13.0 Å². The van der Waals surface area contributed by atoms with Crippen LogP contribution in [0.3, 0.4) is 0 Å². The van der Waals surface area contributed by atoms with Crippen molar-refractivity contribution in [1.29, 1.82) is 0 Å². The number of aryl methyl sites for hydroxylation is 1. The summed E-state index contributed by atoms with van der Waals surface area (Å²) in [5, 5.41) is 2.53. The first-order valence-corrected chi connectivity index (χ1v) is 6.46. The number of nitrogens with two attached hydrogens (primary N) is 1. The predicted molar refractivity (Wildman–Crippen MR) is 81.4 cm³/mol. The zero-order chi connectivity index (χ0) is 15.6. The average Bonchev–Trinajstić information content (AvgIpc) is 2.43. The molecule has 3 nitrogen and oxygen atoms in total. The summed E-state index contributed by atoms with van der Waals surface area (Å²) in [7, 11) is 0. The molecular formula is C15H12F2N2OS. The molecule has 0 spiro atoms. The third kappa shape index (κ3) is 3.41. The van der Waals surface area contributed by atoms with Gasteiger partial charge in [-0.3, -0.25) is 4.79 Å². The van der Waals surface area contributed by atoms with Gasteiger partial charge in [0.25, 0.3) is 5.91 Å². The van der Waals surface area contributed by atoms with E-state index in [0.29, 0.717) is 17.3 Å². The second-order valence-corrected chi connectivity index (χ2v) is 4.92. The largest absolute Gasteiger partial charge is 0.389 e. The van der Waals surface area contributed by atoms with Gasteiger partial charge in [-0.15, -0.1) is 0 Å². The summed E-state index contributed by atoms with van der Waals surface area (Å²) < 4.78 is 26.8. The second kappa shape index (κ2) is 5.97. The maximum absolute atomic E-state index is 13.6. The third-order valence-corrected chi connectivity index (χ3v) is 3.16. The van der Waals surface area contributed by atoms with Crippen molar-refractivity contribution in [2.24, 2.45) is 5.73 Å². The highest BCUT2D eigenvalue weighted by atomic mass is 32.1. The highest BCUT2D eigenvalue weighted by molar-refractivity contribution is 7.80. The monoisotopic (exact) mass is 306 g/mol. The molecule has 0 fully saturated rings. The van der Waals surface area contributed by atoms with Crippen molar-refractivity contribution < 1.29 is 13.6 Å². The van der Waals surface area contributed by atoms with E-state index in [1.54, 1.807) is 24.3 Å². The quantitative estimate of drug-likeness (QED) is 0.857. The van der Waals surface area contributed by atoms with Crippen molar-refractivity contribution in [2.75, 3.05) is 5.32 Å². The number of hydrogen-bond donors (Lipinski definition) is 2. The third-order valence-electron chi connectivity index (χ3n) is 2.92. The number of anilines is 1. The first-order chi connectivity index (χ1) is 9.88.